The van der Waals surface area contributed by atoms with Crippen molar-refractivity contribution in [2.75, 3.05) is 31.0 Å². The third kappa shape index (κ3) is 7.60. The molecule has 1 atom stereocenters. The molecule has 0 radical (unpaired) electrons. The number of anilines is 1. The molecule has 0 fully saturated rings. The van der Waals surface area contributed by atoms with E-state index < -0.39 is 33.4 Å². The summed E-state index contributed by atoms with van der Waals surface area (Å²) >= 11 is 0. The van der Waals surface area contributed by atoms with Crippen LogP contribution in [0.5, 0.6) is 5.75 Å². The first-order valence-electron chi connectivity index (χ1n) is 13.0. The molecule has 1 N–H and O–H groups in total. The molecule has 0 saturated carbocycles. The number of hydrogen-bond donors (Lipinski definition) is 1. The number of likely N-dealkylation sites (N-methyl/N-ethyl adjacent to an activating group) is 1. The van der Waals surface area contributed by atoms with Gasteiger partial charge >= 0.3 is 0 Å². The van der Waals surface area contributed by atoms with Gasteiger partial charge in [0.2, 0.25) is 11.8 Å². The summed E-state index contributed by atoms with van der Waals surface area (Å²) in [6.45, 7) is 4.74. The predicted molar refractivity (Wildman–Crippen MR) is 155 cm³/mol. The second-order valence-corrected chi connectivity index (χ2v) is 11.2. The normalized spacial score (nSPS) is 11.8. The van der Waals surface area contributed by atoms with Gasteiger partial charge in [-0.2, -0.15) is 0 Å². The van der Waals surface area contributed by atoms with Crippen LogP contribution < -0.4 is 14.4 Å². The maximum absolute atomic E-state index is 13.9. The standard InChI is InChI=1S/C29H34N4O7S/c1-5-30-29(35)22(3)31(18-17-23-9-7-6-8-10-23)28(34)20-32(24-12-14-25(40-4)15-13-24)41(38,39)26-16-11-21(2)27(19-26)33(36)37/h6-16,19,22H,5,17-18,20H2,1-4H3,(H,30,35). The lowest BCUT2D eigenvalue weighted by Crippen LogP contribution is -2.52. The SMILES string of the molecule is CCNC(=O)C(C)N(CCc1ccccc1)C(=O)CN(c1ccc(OC)cc1)S(=O)(=O)c1ccc(C)c([N+](=O)[O-])c1. The number of benzene rings is 3. The van der Waals surface area contributed by atoms with E-state index in [2.05, 4.69) is 5.32 Å². The van der Waals surface area contributed by atoms with Crippen molar-refractivity contribution in [2.45, 2.75) is 38.1 Å². The number of sulfonamides is 1. The van der Waals surface area contributed by atoms with Crippen molar-refractivity contribution in [3.63, 3.8) is 0 Å². The van der Waals surface area contributed by atoms with Gasteiger partial charge in [-0.25, -0.2) is 8.42 Å². The van der Waals surface area contributed by atoms with Gasteiger partial charge in [0.1, 0.15) is 18.3 Å². The number of nitrogens with zero attached hydrogens (tertiary/aromatic N) is 3. The molecule has 0 saturated heterocycles. The summed E-state index contributed by atoms with van der Waals surface area (Å²) < 4.78 is 34.0. The van der Waals surface area contributed by atoms with Gasteiger partial charge in [-0.15, -0.1) is 0 Å². The lowest BCUT2D eigenvalue weighted by molar-refractivity contribution is -0.385. The summed E-state index contributed by atoms with van der Waals surface area (Å²) in [7, 11) is -2.99. The Labute approximate surface area is 239 Å². The van der Waals surface area contributed by atoms with Gasteiger partial charge in [-0.3, -0.25) is 24.0 Å². The van der Waals surface area contributed by atoms with Crippen molar-refractivity contribution in [3.8, 4) is 5.75 Å². The maximum atomic E-state index is 13.9. The second-order valence-electron chi connectivity index (χ2n) is 9.31. The zero-order valence-corrected chi connectivity index (χ0v) is 24.3. The molecule has 0 spiro atoms. The average Bonchev–Trinajstić information content (AvgIpc) is 2.96. The van der Waals surface area contributed by atoms with Gasteiger partial charge in [-0.05, 0) is 63.1 Å². The fraction of sp³-hybridized carbons (Fsp3) is 0.310. The first-order valence-corrected chi connectivity index (χ1v) is 14.5. The third-order valence-electron chi connectivity index (χ3n) is 6.61. The Morgan fingerprint density at radius 2 is 1.71 bits per heavy atom. The number of methoxy groups -OCH3 is 1. The number of nitro groups is 1. The summed E-state index contributed by atoms with van der Waals surface area (Å²) in [6.07, 6.45) is 0.440. The minimum absolute atomic E-state index is 0.149. The van der Waals surface area contributed by atoms with Crippen molar-refractivity contribution < 1.29 is 27.7 Å². The molecule has 218 valence electrons. The number of carbonyl (C=O) groups excluding carboxylic acids is 2. The van der Waals surface area contributed by atoms with E-state index in [9.17, 15) is 28.1 Å². The van der Waals surface area contributed by atoms with Crippen molar-refractivity contribution in [2.24, 2.45) is 0 Å². The highest BCUT2D eigenvalue weighted by Crippen LogP contribution is 2.29. The minimum atomic E-state index is -4.46. The summed E-state index contributed by atoms with van der Waals surface area (Å²) in [4.78, 5) is 38.5. The molecule has 0 aromatic heterocycles. The van der Waals surface area contributed by atoms with Crippen LogP contribution in [0, 0.1) is 17.0 Å². The third-order valence-corrected chi connectivity index (χ3v) is 8.38. The van der Waals surface area contributed by atoms with Crippen molar-refractivity contribution in [3.05, 3.63) is 94.0 Å². The molecular formula is C29H34N4O7S. The Morgan fingerprint density at radius 1 is 1.05 bits per heavy atom. The van der Waals surface area contributed by atoms with E-state index in [4.69, 9.17) is 4.74 Å². The molecule has 3 aromatic rings. The number of nitro benzene ring substituents is 1. The highest BCUT2D eigenvalue weighted by Gasteiger charge is 2.33. The van der Waals surface area contributed by atoms with Crippen LogP contribution in [0.4, 0.5) is 11.4 Å². The van der Waals surface area contributed by atoms with Crippen LogP contribution >= 0.6 is 0 Å². The number of carbonyl (C=O) groups is 2. The smallest absolute Gasteiger partial charge is 0.273 e. The fourth-order valence-electron chi connectivity index (χ4n) is 4.24. The van der Waals surface area contributed by atoms with Crippen LogP contribution in [-0.2, 0) is 26.0 Å². The minimum Gasteiger partial charge on any atom is -0.497 e. The first kappa shape index (κ1) is 31.1. The van der Waals surface area contributed by atoms with Crippen LogP contribution in [0.3, 0.4) is 0 Å². The van der Waals surface area contributed by atoms with Crippen LogP contribution in [0.1, 0.15) is 25.0 Å². The zero-order valence-electron chi connectivity index (χ0n) is 23.4. The molecule has 12 heteroatoms. The number of nitrogens with one attached hydrogen (secondary N) is 1. The van der Waals surface area contributed by atoms with Gasteiger partial charge in [0, 0.05) is 24.7 Å². The molecule has 41 heavy (non-hydrogen) atoms. The fourth-order valence-corrected chi connectivity index (χ4v) is 5.68. The van der Waals surface area contributed by atoms with E-state index in [1.54, 1.807) is 26.0 Å². The lowest BCUT2D eigenvalue weighted by atomic mass is 10.1. The summed E-state index contributed by atoms with van der Waals surface area (Å²) in [5, 5.41) is 14.3. The topological polar surface area (TPSA) is 139 Å². The largest absolute Gasteiger partial charge is 0.497 e. The monoisotopic (exact) mass is 582 g/mol. The van der Waals surface area contributed by atoms with Gasteiger partial charge in [0.15, 0.2) is 0 Å². The van der Waals surface area contributed by atoms with Crippen molar-refractivity contribution in [1.29, 1.82) is 0 Å². The Morgan fingerprint density at radius 3 is 2.29 bits per heavy atom. The number of ether oxygens (including phenoxy) is 1. The van der Waals surface area contributed by atoms with Crippen LogP contribution in [0.2, 0.25) is 0 Å². The van der Waals surface area contributed by atoms with Gasteiger partial charge in [0.25, 0.3) is 15.7 Å². The summed E-state index contributed by atoms with van der Waals surface area (Å²) in [5.41, 5.74) is 1.03. The van der Waals surface area contributed by atoms with Crippen molar-refractivity contribution >= 4 is 33.2 Å². The van der Waals surface area contributed by atoms with Crippen LogP contribution in [0.15, 0.2) is 77.7 Å². The molecular weight excluding hydrogens is 548 g/mol. The van der Waals surface area contributed by atoms with Crippen LogP contribution in [0.25, 0.3) is 0 Å². The summed E-state index contributed by atoms with van der Waals surface area (Å²) in [6, 6.07) is 18.2. The molecule has 0 bridgehead atoms. The summed E-state index contributed by atoms with van der Waals surface area (Å²) in [5.74, 6) is -0.514. The Balaban J connectivity index is 2.04. The molecule has 0 aliphatic rings. The molecule has 11 nitrogen and oxygen atoms in total. The molecule has 0 aliphatic carbocycles. The molecule has 1 unspecified atom stereocenters. The van der Waals surface area contributed by atoms with E-state index in [1.165, 1.54) is 43.2 Å². The quantitative estimate of drug-likeness (QED) is 0.239. The van der Waals surface area contributed by atoms with Crippen LogP contribution in [-0.4, -0.2) is 62.8 Å². The number of amides is 2. The number of aryl methyl sites for hydroxylation is 1. The first-order chi connectivity index (χ1) is 19.5. The van der Waals surface area contributed by atoms with Gasteiger partial charge < -0.3 is 15.0 Å². The van der Waals surface area contributed by atoms with Gasteiger partial charge in [-0.1, -0.05) is 36.4 Å². The van der Waals surface area contributed by atoms with Gasteiger partial charge in [0.05, 0.1) is 22.6 Å². The molecule has 0 aliphatic heterocycles. The lowest BCUT2D eigenvalue weighted by Gasteiger charge is -2.32. The van der Waals surface area contributed by atoms with Crippen molar-refractivity contribution in [1.82, 2.24) is 10.2 Å². The predicted octanol–water partition coefficient (Wildman–Crippen LogP) is 3.70. The van der Waals surface area contributed by atoms with E-state index in [-0.39, 0.29) is 28.7 Å². The molecule has 2 amide bonds. The highest BCUT2D eigenvalue weighted by atomic mass is 32.2. The Kier molecular flexibility index (Phi) is 10.4. The van der Waals surface area contributed by atoms with E-state index in [0.29, 0.717) is 24.3 Å². The zero-order chi connectivity index (χ0) is 30.2. The van der Waals surface area contributed by atoms with E-state index >= 15 is 0 Å². The molecule has 3 aromatic carbocycles. The van der Waals surface area contributed by atoms with E-state index in [1.807, 2.05) is 30.3 Å². The second kappa shape index (κ2) is 13.8. The van der Waals surface area contributed by atoms with E-state index in [0.717, 1.165) is 15.9 Å². The average molecular weight is 583 g/mol. The molecule has 0 heterocycles. The number of hydrogen-bond acceptors (Lipinski definition) is 7. The Bertz CT molecular complexity index is 1480. The highest BCUT2D eigenvalue weighted by molar-refractivity contribution is 7.92. The maximum Gasteiger partial charge on any atom is 0.273 e. The Hall–Kier alpha value is -4.45. The number of rotatable bonds is 13. The molecule has 3 rings (SSSR count).